The van der Waals surface area contributed by atoms with Gasteiger partial charge in [-0.3, -0.25) is 0 Å². The summed E-state index contributed by atoms with van der Waals surface area (Å²) in [4.78, 5) is 11.1. The molecule has 0 atom stereocenters. The van der Waals surface area contributed by atoms with Crippen molar-refractivity contribution in [3.05, 3.63) is 12.0 Å². The van der Waals surface area contributed by atoms with E-state index in [0.29, 0.717) is 17.7 Å². The van der Waals surface area contributed by atoms with Crippen molar-refractivity contribution in [2.24, 2.45) is 5.92 Å². The quantitative estimate of drug-likeness (QED) is 0.930. The molecule has 21 heavy (non-hydrogen) atoms. The van der Waals surface area contributed by atoms with Crippen molar-refractivity contribution in [3.63, 3.8) is 0 Å². The number of piperidine rings is 1. The summed E-state index contributed by atoms with van der Waals surface area (Å²) in [7, 11) is 0. The first-order valence-electron chi connectivity index (χ1n) is 7.71. The summed E-state index contributed by atoms with van der Waals surface area (Å²) in [5, 5.41) is 8.40. The van der Waals surface area contributed by atoms with Gasteiger partial charge in [0, 0.05) is 12.6 Å². The van der Waals surface area contributed by atoms with E-state index in [1.807, 2.05) is 6.92 Å². The number of rotatable bonds is 4. The normalized spacial score (nSPS) is 16.8. The third kappa shape index (κ3) is 2.85. The van der Waals surface area contributed by atoms with Crippen molar-refractivity contribution in [1.29, 1.82) is 0 Å². The zero-order chi connectivity index (χ0) is 14.8. The van der Waals surface area contributed by atoms with Crippen molar-refractivity contribution < 1.29 is 4.52 Å². The lowest BCUT2D eigenvalue weighted by atomic mass is 9.97. The molecular formula is C15H23N5O. The summed E-state index contributed by atoms with van der Waals surface area (Å²) < 4.78 is 5.27. The molecule has 0 unspecified atom stereocenters. The number of fused-ring (bicyclic) bond motifs is 1. The first-order chi connectivity index (χ1) is 10.2. The number of anilines is 1. The minimum atomic E-state index is 0.382. The Hall–Kier alpha value is -1.69. The fourth-order valence-corrected chi connectivity index (χ4v) is 3.01. The molecule has 1 aliphatic rings. The Morgan fingerprint density at radius 2 is 2.10 bits per heavy atom. The predicted molar refractivity (Wildman–Crippen MR) is 82.4 cm³/mol. The van der Waals surface area contributed by atoms with Crippen molar-refractivity contribution in [3.8, 4) is 0 Å². The van der Waals surface area contributed by atoms with E-state index in [1.165, 1.54) is 12.8 Å². The van der Waals surface area contributed by atoms with E-state index in [-0.39, 0.29) is 0 Å². The Labute approximate surface area is 124 Å². The highest BCUT2D eigenvalue weighted by molar-refractivity contribution is 5.87. The standard InChI is InChI=1S/C15H23N5O/c1-10(2)20(8-12-4-6-16-7-5-12)14-13-11(3)19-21-15(13)18-9-17-14/h9-10,12,16H,4-8H2,1-3H3. The van der Waals surface area contributed by atoms with Gasteiger partial charge in [0.05, 0.1) is 5.69 Å². The molecule has 0 aliphatic carbocycles. The van der Waals surface area contributed by atoms with E-state index in [4.69, 9.17) is 4.52 Å². The van der Waals surface area contributed by atoms with E-state index < -0.39 is 0 Å². The third-order valence-electron chi connectivity index (χ3n) is 4.23. The van der Waals surface area contributed by atoms with Gasteiger partial charge in [-0.05, 0) is 52.6 Å². The van der Waals surface area contributed by atoms with Crippen molar-refractivity contribution >= 4 is 16.9 Å². The molecule has 1 aliphatic heterocycles. The Kier molecular flexibility index (Phi) is 4.05. The van der Waals surface area contributed by atoms with E-state index in [1.54, 1.807) is 6.33 Å². The van der Waals surface area contributed by atoms with Gasteiger partial charge in [-0.2, -0.15) is 4.98 Å². The average molecular weight is 289 g/mol. The third-order valence-corrected chi connectivity index (χ3v) is 4.23. The van der Waals surface area contributed by atoms with Crippen LogP contribution in [0, 0.1) is 12.8 Å². The Balaban J connectivity index is 1.93. The summed E-state index contributed by atoms with van der Waals surface area (Å²) >= 11 is 0. The van der Waals surface area contributed by atoms with Gasteiger partial charge in [-0.25, -0.2) is 4.98 Å². The monoisotopic (exact) mass is 289 g/mol. The summed E-state index contributed by atoms with van der Waals surface area (Å²) in [6.45, 7) is 9.61. The molecule has 1 fully saturated rings. The highest BCUT2D eigenvalue weighted by atomic mass is 16.5. The molecule has 1 saturated heterocycles. The Bertz CT molecular complexity index is 603. The molecule has 3 rings (SSSR count). The molecule has 0 spiro atoms. The lowest BCUT2D eigenvalue weighted by molar-refractivity contribution is 0.367. The average Bonchev–Trinajstić information content (AvgIpc) is 2.87. The van der Waals surface area contributed by atoms with Gasteiger partial charge < -0.3 is 14.7 Å². The van der Waals surface area contributed by atoms with Crippen LogP contribution in [0.5, 0.6) is 0 Å². The highest BCUT2D eigenvalue weighted by Gasteiger charge is 2.23. The second kappa shape index (κ2) is 5.97. The number of nitrogens with zero attached hydrogens (tertiary/aromatic N) is 4. The number of nitrogens with one attached hydrogen (secondary N) is 1. The molecular weight excluding hydrogens is 266 g/mol. The molecule has 0 bridgehead atoms. The van der Waals surface area contributed by atoms with Gasteiger partial charge in [-0.15, -0.1) is 0 Å². The predicted octanol–water partition coefficient (Wildman–Crippen LogP) is 2.14. The van der Waals surface area contributed by atoms with Crippen LogP contribution in [-0.4, -0.2) is 40.8 Å². The molecule has 6 nitrogen and oxygen atoms in total. The molecule has 0 amide bonds. The largest absolute Gasteiger partial charge is 0.353 e. The van der Waals surface area contributed by atoms with Gasteiger partial charge in [-0.1, -0.05) is 5.16 Å². The number of hydrogen-bond acceptors (Lipinski definition) is 6. The first-order valence-corrected chi connectivity index (χ1v) is 7.71. The number of aryl methyl sites for hydroxylation is 1. The molecule has 6 heteroatoms. The molecule has 2 aromatic rings. The van der Waals surface area contributed by atoms with Crippen molar-refractivity contribution in [2.45, 2.75) is 39.7 Å². The number of hydrogen-bond donors (Lipinski definition) is 1. The first kappa shape index (κ1) is 14.3. The molecule has 0 saturated carbocycles. The maximum atomic E-state index is 5.27. The van der Waals surface area contributed by atoms with Crippen LogP contribution in [0.25, 0.3) is 11.1 Å². The van der Waals surface area contributed by atoms with Crippen molar-refractivity contribution in [2.75, 3.05) is 24.5 Å². The fourth-order valence-electron chi connectivity index (χ4n) is 3.01. The van der Waals surface area contributed by atoms with Crippen LogP contribution < -0.4 is 10.2 Å². The zero-order valence-electron chi connectivity index (χ0n) is 13.0. The van der Waals surface area contributed by atoms with Gasteiger partial charge in [0.25, 0.3) is 5.71 Å². The van der Waals surface area contributed by atoms with Gasteiger partial charge in [0.2, 0.25) is 0 Å². The summed E-state index contributed by atoms with van der Waals surface area (Å²) in [6, 6.07) is 0.382. The van der Waals surface area contributed by atoms with E-state index in [0.717, 1.165) is 36.5 Å². The molecule has 0 radical (unpaired) electrons. The fraction of sp³-hybridized carbons (Fsp3) is 0.667. The molecule has 3 heterocycles. The molecule has 1 N–H and O–H groups in total. The molecule has 0 aromatic carbocycles. The van der Waals surface area contributed by atoms with E-state index >= 15 is 0 Å². The Morgan fingerprint density at radius 3 is 2.81 bits per heavy atom. The minimum absolute atomic E-state index is 0.382. The lowest BCUT2D eigenvalue weighted by Crippen LogP contribution is -2.40. The lowest BCUT2D eigenvalue weighted by Gasteiger charge is -2.33. The van der Waals surface area contributed by atoms with Crippen LogP contribution in [0.15, 0.2) is 10.9 Å². The van der Waals surface area contributed by atoms with Gasteiger partial charge in [0.1, 0.15) is 17.5 Å². The van der Waals surface area contributed by atoms with E-state index in [2.05, 4.69) is 39.2 Å². The van der Waals surface area contributed by atoms with Crippen LogP contribution in [0.2, 0.25) is 0 Å². The highest BCUT2D eigenvalue weighted by Crippen LogP contribution is 2.28. The molecule has 114 valence electrons. The van der Waals surface area contributed by atoms with Crippen LogP contribution in [-0.2, 0) is 0 Å². The van der Waals surface area contributed by atoms with Crippen LogP contribution in [0.4, 0.5) is 5.82 Å². The van der Waals surface area contributed by atoms with Gasteiger partial charge >= 0.3 is 0 Å². The van der Waals surface area contributed by atoms with Crippen LogP contribution >= 0.6 is 0 Å². The second-order valence-corrected chi connectivity index (χ2v) is 6.08. The Morgan fingerprint density at radius 1 is 1.33 bits per heavy atom. The maximum Gasteiger partial charge on any atom is 0.263 e. The zero-order valence-corrected chi connectivity index (χ0v) is 13.0. The summed E-state index contributed by atoms with van der Waals surface area (Å²) in [6.07, 6.45) is 4.01. The molecule has 2 aromatic heterocycles. The summed E-state index contributed by atoms with van der Waals surface area (Å²) in [5.41, 5.74) is 1.44. The van der Waals surface area contributed by atoms with Crippen LogP contribution in [0.3, 0.4) is 0 Å². The smallest absolute Gasteiger partial charge is 0.263 e. The van der Waals surface area contributed by atoms with Crippen LogP contribution in [0.1, 0.15) is 32.4 Å². The maximum absolute atomic E-state index is 5.27. The van der Waals surface area contributed by atoms with Gasteiger partial charge in [0.15, 0.2) is 0 Å². The number of aromatic nitrogens is 3. The minimum Gasteiger partial charge on any atom is -0.353 e. The van der Waals surface area contributed by atoms with E-state index in [9.17, 15) is 0 Å². The SMILES string of the molecule is Cc1noc2ncnc(N(CC3CCNCC3)C(C)C)c12. The second-order valence-electron chi connectivity index (χ2n) is 6.08. The topological polar surface area (TPSA) is 67.1 Å². The summed E-state index contributed by atoms with van der Waals surface area (Å²) in [5.74, 6) is 1.66. The van der Waals surface area contributed by atoms with Crippen molar-refractivity contribution in [1.82, 2.24) is 20.4 Å².